The van der Waals surface area contributed by atoms with Crippen LogP contribution in [0.1, 0.15) is 36.7 Å². The molecule has 0 aliphatic heterocycles. The standard InChI is InChI=1S/C18H22NO2/c1-18(2,3)15-9-11-19(12-10-15)13-17(20)14-5-7-16(21-4)8-6-14/h5-12H,13H2,1-4H3/q+1. The van der Waals surface area contributed by atoms with Gasteiger partial charge in [-0.25, -0.2) is 0 Å². The summed E-state index contributed by atoms with van der Waals surface area (Å²) in [7, 11) is 1.61. The third kappa shape index (κ3) is 3.91. The highest BCUT2D eigenvalue weighted by Gasteiger charge is 2.16. The number of ketones is 1. The van der Waals surface area contributed by atoms with Gasteiger partial charge in [0.15, 0.2) is 12.4 Å². The van der Waals surface area contributed by atoms with Gasteiger partial charge in [0.05, 0.1) is 7.11 Å². The molecule has 1 heterocycles. The Balaban J connectivity index is 2.08. The van der Waals surface area contributed by atoms with E-state index in [2.05, 4.69) is 32.9 Å². The minimum atomic E-state index is 0.0890. The fraction of sp³-hybridized carbons (Fsp3) is 0.333. The van der Waals surface area contributed by atoms with E-state index in [4.69, 9.17) is 4.74 Å². The Bertz CT molecular complexity index is 607. The van der Waals surface area contributed by atoms with Gasteiger partial charge < -0.3 is 4.74 Å². The van der Waals surface area contributed by atoms with Crippen LogP contribution in [-0.2, 0) is 12.0 Å². The minimum Gasteiger partial charge on any atom is -0.497 e. The number of pyridine rings is 1. The molecule has 3 heteroatoms. The number of aromatic nitrogens is 1. The Hall–Kier alpha value is -2.16. The fourth-order valence-corrected chi connectivity index (χ4v) is 2.10. The SMILES string of the molecule is COc1ccc(C(=O)C[n+]2ccc(C(C)(C)C)cc2)cc1. The summed E-state index contributed by atoms with van der Waals surface area (Å²) in [4.78, 5) is 12.2. The molecule has 0 saturated carbocycles. The molecule has 0 aliphatic carbocycles. The Morgan fingerprint density at radius 1 is 1.05 bits per heavy atom. The second-order valence-electron chi connectivity index (χ2n) is 6.16. The van der Waals surface area contributed by atoms with Gasteiger partial charge in [-0.1, -0.05) is 20.8 Å². The summed E-state index contributed by atoms with van der Waals surface area (Å²) in [5.74, 6) is 0.847. The van der Waals surface area contributed by atoms with Crippen molar-refractivity contribution < 1.29 is 14.1 Å². The van der Waals surface area contributed by atoms with Gasteiger partial charge in [0.2, 0.25) is 12.3 Å². The molecule has 0 bridgehead atoms. The Morgan fingerprint density at radius 2 is 1.62 bits per heavy atom. The lowest BCUT2D eigenvalue weighted by Crippen LogP contribution is -2.37. The van der Waals surface area contributed by atoms with E-state index in [1.54, 1.807) is 31.4 Å². The van der Waals surface area contributed by atoms with E-state index < -0.39 is 0 Å². The number of benzene rings is 1. The Labute approximate surface area is 126 Å². The lowest BCUT2D eigenvalue weighted by Gasteiger charge is -2.17. The van der Waals surface area contributed by atoms with Crippen molar-refractivity contribution in [1.29, 1.82) is 0 Å². The van der Waals surface area contributed by atoms with Crippen molar-refractivity contribution in [2.45, 2.75) is 32.7 Å². The quantitative estimate of drug-likeness (QED) is 0.637. The zero-order valence-electron chi connectivity index (χ0n) is 13.1. The number of nitrogens with zero attached hydrogens (tertiary/aromatic N) is 1. The summed E-state index contributed by atoms with van der Waals surface area (Å²) in [6.45, 7) is 6.87. The summed E-state index contributed by atoms with van der Waals surface area (Å²) in [5, 5.41) is 0. The number of Topliss-reactive ketones (excluding diaryl/α,β-unsaturated/α-hetero) is 1. The van der Waals surface area contributed by atoms with Gasteiger partial charge in [-0.3, -0.25) is 4.79 Å². The Kier molecular flexibility index (Phi) is 4.41. The lowest BCUT2D eigenvalue weighted by atomic mass is 9.88. The Morgan fingerprint density at radius 3 is 2.10 bits per heavy atom. The molecule has 2 rings (SSSR count). The summed E-state index contributed by atoms with van der Waals surface area (Å²) in [5.41, 5.74) is 2.08. The normalized spacial score (nSPS) is 11.2. The second kappa shape index (κ2) is 6.08. The van der Waals surface area contributed by atoms with Crippen molar-refractivity contribution in [1.82, 2.24) is 0 Å². The van der Waals surface area contributed by atoms with Crippen LogP contribution >= 0.6 is 0 Å². The predicted molar refractivity (Wildman–Crippen MR) is 82.7 cm³/mol. The van der Waals surface area contributed by atoms with E-state index >= 15 is 0 Å². The van der Waals surface area contributed by atoms with Gasteiger partial charge in [-0.2, -0.15) is 4.57 Å². The zero-order chi connectivity index (χ0) is 15.5. The van der Waals surface area contributed by atoms with E-state index in [0.29, 0.717) is 12.1 Å². The molecule has 0 aliphatic rings. The monoisotopic (exact) mass is 284 g/mol. The van der Waals surface area contributed by atoms with Gasteiger partial charge in [0.1, 0.15) is 5.75 Å². The van der Waals surface area contributed by atoms with Crippen LogP contribution < -0.4 is 9.30 Å². The van der Waals surface area contributed by atoms with Crippen molar-refractivity contribution in [3.8, 4) is 5.75 Å². The molecule has 0 radical (unpaired) electrons. The van der Waals surface area contributed by atoms with Crippen LogP contribution in [-0.4, -0.2) is 12.9 Å². The molecule has 0 fully saturated rings. The summed E-state index contributed by atoms with van der Waals surface area (Å²) < 4.78 is 7.00. The molecule has 0 N–H and O–H groups in total. The van der Waals surface area contributed by atoms with E-state index in [0.717, 1.165) is 5.75 Å². The van der Waals surface area contributed by atoms with Gasteiger partial charge in [-0.15, -0.1) is 0 Å². The van der Waals surface area contributed by atoms with E-state index in [-0.39, 0.29) is 11.2 Å². The molecule has 110 valence electrons. The lowest BCUT2D eigenvalue weighted by molar-refractivity contribution is -0.683. The summed E-state index contributed by atoms with van der Waals surface area (Å²) in [6.07, 6.45) is 3.92. The fourth-order valence-electron chi connectivity index (χ4n) is 2.10. The number of carbonyl (C=O) groups is 1. The van der Waals surface area contributed by atoms with Gasteiger partial charge in [0.25, 0.3) is 0 Å². The van der Waals surface area contributed by atoms with Crippen LogP contribution in [0.25, 0.3) is 0 Å². The minimum absolute atomic E-state index is 0.0890. The van der Waals surface area contributed by atoms with Crippen LogP contribution in [0.5, 0.6) is 5.75 Å². The zero-order valence-corrected chi connectivity index (χ0v) is 13.1. The van der Waals surface area contributed by atoms with E-state index in [9.17, 15) is 4.79 Å². The van der Waals surface area contributed by atoms with E-state index in [1.165, 1.54) is 5.56 Å². The highest BCUT2D eigenvalue weighted by atomic mass is 16.5. The average Bonchev–Trinajstić information content (AvgIpc) is 2.47. The second-order valence-corrected chi connectivity index (χ2v) is 6.16. The largest absolute Gasteiger partial charge is 0.497 e. The van der Waals surface area contributed by atoms with E-state index in [1.807, 2.05) is 17.0 Å². The first-order valence-electron chi connectivity index (χ1n) is 7.07. The molecule has 1 aromatic heterocycles. The smallest absolute Gasteiger partial charge is 0.227 e. The van der Waals surface area contributed by atoms with Crippen molar-refractivity contribution in [3.63, 3.8) is 0 Å². The van der Waals surface area contributed by atoms with Crippen molar-refractivity contribution in [2.24, 2.45) is 0 Å². The first-order chi connectivity index (χ1) is 9.90. The molecular weight excluding hydrogens is 262 g/mol. The van der Waals surface area contributed by atoms with Crippen molar-refractivity contribution in [3.05, 3.63) is 59.9 Å². The molecule has 0 saturated heterocycles. The van der Waals surface area contributed by atoms with Crippen molar-refractivity contribution in [2.75, 3.05) is 7.11 Å². The highest BCUT2D eigenvalue weighted by molar-refractivity contribution is 5.95. The third-order valence-corrected chi connectivity index (χ3v) is 3.50. The summed E-state index contributed by atoms with van der Waals surface area (Å²) in [6, 6.07) is 11.3. The van der Waals surface area contributed by atoms with Crippen LogP contribution in [0.2, 0.25) is 0 Å². The van der Waals surface area contributed by atoms with Crippen LogP contribution in [0.15, 0.2) is 48.8 Å². The molecule has 3 nitrogen and oxygen atoms in total. The third-order valence-electron chi connectivity index (χ3n) is 3.50. The number of ether oxygens (including phenoxy) is 1. The molecule has 21 heavy (non-hydrogen) atoms. The van der Waals surface area contributed by atoms with Gasteiger partial charge in [-0.05, 0) is 35.2 Å². The number of carbonyl (C=O) groups excluding carboxylic acids is 1. The average molecular weight is 284 g/mol. The summed E-state index contributed by atoms with van der Waals surface area (Å²) >= 11 is 0. The molecule has 1 aromatic carbocycles. The maximum Gasteiger partial charge on any atom is 0.227 e. The van der Waals surface area contributed by atoms with Gasteiger partial charge in [0, 0.05) is 17.7 Å². The number of methoxy groups -OCH3 is 1. The van der Waals surface area contributed by atoms with Crippen LogP contribution in [0, 0.1) is 0 Å². The van der Waals surface area contributed by atoms with Gasteiger partial charge >= 0.3 is 0 Å². The predicted octanol–water partition coefficient (Wildman–Crippen LogP) is 3.16. The first-order valence-corrected chi connectivity index (χ1v) is 7.07. The van der Waals surface area contributed by atoms with Crippen molar-refractivity contribution >= 4 is 5.78 Å². The molecule has 0 amide bonds. The van der Waals surface area contributed by atoms with Crippen LogP contribution in [0.3, 0.4) is 0 Å². The topological polar surface area (TPSA) is 30.2 Å². The first kappa shape index (κ1) is 15.2. The number of rotatable bonds is 4. The maximum absolute atomic E-state index is 12.2. The molecule has 2 aromatic rings. The molecular formula is C18H22NO2+. The number of hydrogen-bond donors (Lipinski definition) is 0. The maximum atomic E-state index is 12.2. The molecule has 0 spiro atoms. The molecule has 0 atom stereocenters. The van der Waals surface area contributed by atoms with Crippen LogP contribution in [0.4, 0.5) is 0 Å². The number of hydrogen-bond acceptors (Lipinski definition) is 2. The molecule has 0 unspecified atom stereocenters. The highest BCUT2D eigenvalue weighted by Crippen LogP contribution is 2.20.